The number of benzene rings is 1. The van der Waals surface area contributed by atoms with E-state index in [2.05, 4.69) is 0 Å². The van der Waals surface area contributed by atoms with Crippen LogP contribution in [0.25, 0.3) is 0 Å². The van der Waals surface area contributed by atoms with Gasteiger partial charge in [0.1, 0.15) is 0 Å². The van der Waals surface area contributed by atoms with Crippen LogP contribution in [-0.4, -0.2) is 11.8 Å². The van der Waals surface area contributed by atoms with Crippen LogP contribution in [0.5, 0.6) is 0 Å². The molecule has 1 aliphatic rings. The Bertz CT molecular complexity index is 411. The number of rotatable bonds is 1. The molecule has 1 aromatic carbocycles. The molecule has 0 saturated carbocycles. The number of nitrogen functional groups attached to an aromatic ring is 1. The van der Waals surface area contributed by atoms with Crippen molar-refractivity contribution in [2.24, 2.45) is 0 Å². The number of anilines is 2. The van der Waals surface area contributed by atoms with Crippen LogP contribution in [0.3, 0.4) is 0 Å². The van der Waals surface area contributed by atoms with E-state index in [1.165, 1.54) is 4.90 Å². The summed E-state index contributed by atoms with van der Waals surface area (Å²) in [6.45, 7) is 0. The first-order valence-electron chi connectivity index (χ1n) is 5.40. The van der Waals surface area contributed by atoms with Crippen molar-refractivity contribution in [2.75, 3.05) is 10.6 Å². The number of imide groups is 1. The number of nitrogens with two attached hydrogens (primary N) is 1. The van der Waals surface area contributed by atoms with Gasteiger partial charge in [0.2, 0.25) is 11.8 Å². The minimum absolute atomic E-state index is 0.131. The van der Waals surface area contributed by atoms with Crippen LogP contribution in [0.1, 0.15) is 25.7 Å². The molecule has 1 fully saturated rings. The fourth-order valence-electron chi connectivity index (χ4n) is 1.87. The molecule has 2 rings (SSSR count). The highest BCUT2D eigenvalue weighted by Gasteiger charge is 2.25. The van der Waals surface area contributed by atoms with Gasteiger partial charge in [-0.3, -0.25) is 14.5 Å². The number of carbonyl (C=O) groups is 2. The van der Waals surface area contributed by atoms with E-state index in [9.17, 15) is 9.59 Å². The van der Waals surface area contributed by atoms with Gasteiger partial charge in [-0.05, 0) is 31.0 Å². The lowest BCUT2D eigenvalue weighted by Crippen LogP contribution is -2.35. The molecule has 84 valence electrons. The van der Waals surface area contributed by atoms with Gasteiger partial charge in [0.15, 0.2) is 0 Å². The molecule has 0 atom stereocenters. The van der Waals surface area contributed by atoms with Crippen molar-refractivity contribution in [3.05, 3.63) is 24.3 Å². The van der Waals surface area contributed by atoms with Crippen LogP contribution < -0.4 is 10.6 Å². The van der Waals surface area contributed by atoms with Crippen molar-refractivity contribution in [3.8, 4) is 0 Å². The van der Waals surface area contributed by atoms with E-state index in [4.69, 9.17) is 5.73 Å². The molecule has 2 amide bonds. The SMILES string of the molecule is Nc1cccc(N2C(=O)CCCCC2=O)c1. The van der Waals surface area contributed by atoms with Crippen LogP contribution in [0.4, 0.5) is 11.4 Å². The third-order valence-corrected chi connectivity index (χ3v) is 2.66. The molecule has 0 radical (unpaired) electrons. The summed E-state index contributed by atoms with van der Waals surface area (Å²) in [5, 5.41) is 0. The van der Waals surface area contributed by atoms with Gasteiger partial charge < -0.3 is 5.73 Å². The lowest BCUT2D eigenvalue weighted by Gasteiger charge is -2.18. The quantitative estimate of drug-likeness (QED) is 0.576. The Hall–Kier alpha value is -1.84. The average Bonchev–Trinajstić information content (AvgIpc) is 2.40. The van der Waals surface area contributed by atoms with Gasteiger partial charge in [0.05, 0.1) is 5.69 Å². The fraction of sp³-hybridized carbons (Fsp3) is 0.333. The average molecular weight is 218 g/mol. The van der Waals surface area contributed by atoms with E-state index in [-0.39, 0.29) is 11.8 Å². The Labute approximate surface area is 94.0 Å². The van der Waals surface area contributed by atoms with Gasteiger partial charge in [-0.15, -0.1) is 0 Å². The van der Waals surface area contributed by atoms with Crippen molar-refractivity contribution in [3.63, 3.8) is 0 Å². The van der Waals surface area contributed by atoms with E-state index in [1.54, 1.807) is 24.3 Å². The van der Waals surface area contributed by atoms with E-state index < -0.39 is 0 Å². The van der Waals surface area contributed by atoms with Gasteiger partial charge in [0.25, 0.3) is 0 Å². The summed E-state index contributed by atoms with van der Waals surface area (Å²) >= 11 is 0. The first kappa shape index (κ1) is 10.7. The van der Waals surface area contributed by atoms with Crippen LogP contribution in [0.15, 0.2) is 24.3 Å². The van der Waals surface area contributed by atoms with Crippen molar-refractivity contribution in [1.82, 2.24) is 0 Å². The van der Waals surface area contributed by atoms with Crippen LogP contribution >= 0.6 is 0 Å². The van der Waals surface area contributed by atoms with Gasteiger partial charge in [-0.2, -0.15) is 0 Å². The third-order valence-electron chi connectivity index (χ3n) is 2.66. The number of hydrogen-bond donors (Lipinski definition) is 1. The van der Waals surface area contributed by atoms with E-state index in [1.807, 2.05) is 0 Å². The topological polar surface area (TPSA) is 63.4 Å². The molecule has 1 heterocycles. The van der Waals surface area contributed by atoms with Crippen molar-refractivity contribution in [1.29, 1.82) is 0 Å². The molecular weight excluding hydrogens is 204 g/mol. The van der Waals surface area contributed by atoms with Crippen molar-refractivity contribution < 1.29 is 9.59 Å². The summed E-state index contributed by atoms with van der Waals surface area (Å²) in [5.41, 5.74) is 6.78. The maximum Gasteiger partial charge on any atom is 0.233 e. The zero-order valence-corrected chi connectivity index (χ0v) is 8.98. The van der Waals surface area contributed by atoms with Gasteiger partial charge in [0, 0.05) is 18.5 Å². The first-order valence-corrected chi connectivity index (χ1v) is 5.40. The Morgan fingerprint density at radius 2 is 1.69 bits per heavy atom. The first-order chi connectivity index (χ1) is 7.68. The third kappa shape index (κ3) is 2.05. The summed E-state index contributed by atoms with van der Waals surface area (Å²) in [5.74, 6) is -0.263. The predicted molar refractivity (Wildman–Crippen MR) is 61.8 cm³/mol. The number of amides is 2. The van der Waals surface area contributed by atoms with Crippen molar-refractivity contribution >= 4 is 23.2 Å². The molecule has 4 nitrogen and oxygen atoms in total. The molecule has 1 aliphatic heterocycles. The molecule has 0 bridgehead atoms. The molecule has 0 aromatic heterocycles. The van der Waals surface area contributed by atoms with Crippen molar-refractivity contribution in [2.45, 2.75) is 25.7 Å². The molecular formula is C12H14N2O2. The lowest BCUT2D eigenvalue weighted by molar-refractivity contribution is -0.125. The highest BCUT2D eigenvalue weighted by atomic mass is 16.2. The summed E-state index contributed by atoms with van der Waals surface area (Å²) in [7, 11) is 0. The highest BCUT2D eigenvalue weighted by molar-refractivity contribution is 6.15. The fourth-order valence-corrected chi connectivity index (χ4v) is 1.87. The Kier molecular flexibility index (Phi) is 2.90. The molecule has 2 N–H and O–H groups in total. The smallest absolute Gasteiger partial charge is 0.233 e. The molecule has 0 aliphatic carbocycles. The zero-order chi connectivity index (χ0) is 11.5. The van der Waals surface area contributed by atoms with Gasteiger partial charge >= 0.3 is 0 Å². The molecule has 1 saturated heterocycles. The van der Waals surface area contributed by atoms with Crippen LogP contribution in [-0.2, 0) is 9.59 Å². The minimum atomic E-state index is -0.131. The normalized spacial score (nSPS) is 17.4. The maximum atomic E-state index is 11.8. The predicted octanol–water partition coefficient (Wildman–Crippen LogP) is 1.70. The minimum Gasteiger partial charge on any atom is -0.399 e. The van der Waals surface area contributed by atoms with E-state index in [0.29, 0.717) is 24.2 Å². The van der Waals surface area contributed by atoms with Gasteiger partial charge in [-0.25, -0.2) is 0 Å². The summed E-state index contributed by atoms with van der Waals surface area (Å²) in [6.07, 6.45) is 2.42. The molecule has 1 aromatic rings. The summed E-state index contributed by atoms with van der Waals surface area (Å²) in [6, 6.07) is 6.87. The number of nitrogens with zero attached hydrogens (tertiary/aromatic N) is 1. The standard InChI is InChI=1S/C12H14N2O2/c13-9-4-3-5-10(8-9)14-11(15)6-1-2-7-12(14)16/h3-5,8H,1-2,6-7,13H2. The largest absolute Gasteiger partial charge is 0.399 e. The maximum absolute atomic E-state index is 11.8. The van der Waals surface area contributed by atoms with Crippen LogP contribution in [0.2, 0.25) is 0 Å². The van der Waals surface area contributed by atoms with E-state index >= 15 is 0 Å². The Morgan fingerprint density at radius 1 is 1.06 bits per heavy atom. The molecule has 4 heteroatoms. The molecule has 0 unspecified atom stereocenters. The number of hydrogen-bond acceptors (Lipinski definition) is 3. The van der Waals surface area contributed by atoms with Crippen LogP contribution in [0, 0.1) is 0 Å². The molecule has 16 heavy (non-hydrogen) atoms. The number of carbonyl (C=O) groups excluding carboxylic acids is 2. The Balaban J connectivity index is 2.36. The Morgan fingerprint density at radius 3 is 2.25 bits per heavy atom. The second-order valence-corrected chi connectivity index (χ2v) is 3.92. The lowest BCUT2D eigenvalue weighted by atomic mass is 10.2. The molecule has 0 spiro atoms. The summed E-state index contributed by atoms with van der Waals surface area (Å²) < 4.78 is 0. The zero-order valence-electron chi connectivity index (χ0n) is 8.98. The summed E-state index contributed by atoms with van der Waals surface area (Å²) in [4.78, 5) is 24.9. The second-order valence-electron chi connectivity index (χ2n) is 3.92. The monoisotopic (exact) mass is 218 g/mol. The van der Waals surface area contributed by atoms with E-state index in [0.717, 1.165) is 12.8 Å². The second kappa shape index (κ2) is 4.35. The van der Waals surface area contributed by atoms with Gasteiger partial charge in [-0.1, -0.05) is 6.07 Å². The highest BCUT2D eigenvalue weighted by Crippen LogP contribution is 2.23.